The molecule has 3 aromatic rings. The van der Waals surface area contributed by atoms with Crippen LogP contribution in [0, 0.1) is 5.92 Å². The molecule has 0 spiro atoms. The van der Waals surface area contributed by atoms with E-state index < -0.39 is 0 Å². The molecule has 164 valence electrons. The Labute approximate surface area is 186 Å². The summed E-state index contributed by atoms with van der Waals surface area (Å²) in [6.07, 6.45) is 4.65. The van der Waals surface area contributed by atoms with Crippen LogP contribution >= 0.6 is 0 Å². The van der Waals surface area contributed by atoms with Crippen LogP contribution in [-0.2, 0) is 13.0 Å². The molecule has 1 aromatic heterocycles. The van der Waals surface area contributed by atoms with Crippen molar-refractivity contribution >= 4 is 0 Å². The minimum atomic E-state index is 0.444. The number of benzene rings is 2. The molecular weight excluding hydrogens is 382 g/mol. The number of piperidine rings is 1. The van der Waals surface area contributed by atoms with Crippen molar-refractivity contribution in [2.75, 3.05) is 20.2 Å². The Bertz CT molecular complexity index is 946. The Morgan fingerprint density at radius 3 is 2.48 bits per heavy atom. The van der Waals surface area contributed by atoms with Crippen molar-refractivity contribution < 1.29 is 4.74 Å². The Morgan fingerprint density at radius 2 is 1.77 bits per heavy atom. The third-order valence-corrected chi connectivity index (χ3v) is 6.04. The molecule has 1 saturated heterocycles. The summed E-state index contributed by atoms with van der Waals surface area (Å²) < 4.78 is 8.08. The van der Waals surface area contributed by atoms with Crippen LogP contribution in [0.15, 0.2) is 60.7 Å². The lowest BCUT2D eigenvalue weighted by Gasteiger charge is -2.32. The molecule has 1 aliphatic heterocycles. The van der Waals surface area contributed by atoms with E-state index in [1.807, 2.05) is 0 Å². The third-order valence-electron chi connectivity index (χ3n) is 6.04. The van der Waals surface area contributed by atoms with Gasteiger partial charge in [0.05, 0.1) is 30.6 Å². The highest BCUT2D eigenvalue weighted by Crippen LogP contribution is 2.31. The highest BCUT2D eigenvalue weighted by molar-refractivity contribution is 5.29. The molecule has 1 aliphatic rings. The molecule has 4 nitrogen and oxygen atoms in total. The molecule has 0 aliphatic carbocycles. The lowest BCUT2D eigenvalue weighted by atomic mass is 9.99. The first-order valence-corrected chi connectivity index (χ1v) is 11.6. The van der Waals surface area contributed by atoms with Crippen molar-refractivity contribution in [3.8, 4) is 5.75 Å². The fourth-order valence-electron chi connectivity index (χ4n) is 4.35. The van der Waals surface area contributed by atoms with E-state index in [9.17, 15) is 0 Å². The van der Waals surface area contributed by atoms with Crippen molar-refractivity contribution in [3.05, 3.63) is 83.2 Å². The maximum atomic E-state index is 5.85. The van der Waals surface area contributed by atoms with Gasteiger partial charge < -0.3 is 4.74 Å². The van der Waals surface area contributed by atoms with Gasteiger partial charge in [0, 0.05) is 6.42 Å². The number of likely N-dealkylation sites (tertiary alicyclic amines) is 1. The highest BCUT2D eigenvalue weighted by Gasteiger charge is 2.25. The summed E-state index contributed by atoms with van der Waals surface area (Å²) in [7, 11) is 2.25. The second-order valence-corrected chi connectivity index (χ2v) is 9.22. The van der Waals surface area contributed by atoms with Crippen molar-refractivity contribution in [1.29, 1.82) is 0 Å². The van der Waals surface area contributed by atoms with Crippen LogP contribution in [0.5, 0.6) is 5.75 Å². The van der Waals surface area contributed by atoms with Crippen molar-refractivity contribution in [3.63, 3.8) is 0 Å². The largest absolute Gasteiger partial charge is 0.493 e. The second-order valence-electron chi connectivity index (χ2n) is 9.22. The van der Waals surface area contributed by atoms with E-state index in [0.29, 0.717) is 12.0 Å². The summed E-state index contributed by atoms with van der Waals surface area (Å²) in [6, 6.07) is 21.9. The number of hydrogen-bond acceptors (Lipinski definition) is 3. The van der Waals surface area contributed by atoms with Crippen LogP contribution < -0.4 is 4.74 Å². The SMILES string of the molecule is CC(C)COc1ccc(Cn2nc(Cc3ccccc3)cc2C2CCCCN2C)cc1. The molecule has 1 fully saturated rings. The predicted molar refractivity (Wildman–Crippen MR) is 127 cm³/mol. The predicted octanol–water partition coefficient (Wildman–Crippen LogP) is 5.71. The fourth-order valence-corrected chi connectivity index (χ4v) is 4.35. The first-order chi connectivity index (χ1) is 15.1. The fraction of sp³-hybridized carbons (Fsp3) is 0.444. The maximum Gasteiger partial charge on any atom is 0.119 e. The van der Waals surface area contributed by atoms with Crippen LogP contribution in [0.25, 0.3) is 0 Å². The molecule has 2 aromatic carbocycles. The molecule has 4 heteroatoms. The van der Waals surface area contributed by atoms with Crippen molar-refractivity contribution in [1.82, 2.24) is 14.7 Å². The molecule has 31 heavy (non-hydrogen) atoms. The molecule has 0 saturated carbocycles. The smallest absolute Gasteiger partial charge is 0.119 e. The Hall–Kier alpha value is -2.59. The average Bonchev–Trinajstić information content (AvgIpc) is 3.16. The van der Waals surface area contributed by atoms with Gasteiger partial charge in [-0.1, -0.05) is 62.7 Å². The first kappa shape index (κ1) is 21.6. The zero-order valence-electron chi connectivity index (χ0n) is 19.1. The second kappa shape index (κ2) is 10.1. The maximum absolute atomic E-state index is 5.85. The topological polar surface area (TPSA) is 30.3 Å². The monoisotopic (exact) mass is 417 g/mol. The average molecular weight is 418 g/mol. The van der Waals surface area contributed by atoms with E-state index >= 15 is 0 Å². The summed E-state index contributed by atoms with van der Waals surface area (Å²) >= 11 is 0. The summed E-state index contributed by atoms with van der Waals surface area (Å²) in [6.45, 7) is 7.04. The van der Waals surface area contributed by atoms with E-state index in [2.05, 4.69) is 91.1 Å². The van der Waals surface area contributed by atoms with Gasteiger partial charge in [-0.3, -0.25) is 9.58 Å². The highest BCUT2D eigenvalue weighted by atomic mass is 16.5. The molecule has 1 unspecified atom stereocenters. The number of ether oxygens (including phenoxy) is 1. The molecule has 0 radical (unpaired) electrons. The normalized spacial score (nSPS) is 17.2. The van der Waals surface area contributed by atoms with Gasteiger partial charge in [-0.15, -0.1) is 0 Å². The molecule has 0 N–H and O–H groups in total. The quantitative estimate of drug-likeness (QED) is 0.470. The van der Waals surface area contributed by atoms with Crippen LogP contribution in [0.1, 0.15) is 61.7 Å². The molecular formula is C27H35N3O. The van der Waals surface area contributed by atoms with Gasteiger partial charge in [-0.2, -0.15) is 5.10 Å². The number of hydrogen-bond donors (Lipinski definition) is 0. The zero-order valence-corrected chi connectivity index (χ0v) is 19.1. The number of rotatable bonds is 8. The van der Waals surface area contributed by atoms with E-state index in [4.69, 9.17) is 9.84 Å². The van der Waals surface area contributed by atoms with E-state index in [-0.39, 0.29) is 0 Å². The van der Waals surface area contributed by atoms with Crippen molar-refractivity contribution in [2.24, 2.45) is 5.92 Å². The van der Waals surface area contributed by atoms with Gasteiger partial charge >= 0.3 is 0 Å². The Morgan fingerprint density at radius 1 is 1.00 bits per heavy atom. The summed E-state index contributed by atoms with van der Waals surface area (Å²) in [5, 5.41) is 5.05. The number of aromatic nitrogens is 2. The van der Waals surface area contributed by atoms with Gasteiger partial charge in [0.25, 0.3) is 0 Å². The van der Waals surface area contributed by atoms with E-state index in [1.165, 1.54) is 36.1 Å². The molecule has 4 rings (SSSR count). The van der Waals surface area contributed by atoms with Crippen LogP contribution in [0.3, 0.4) is 0 Å². The lowest BCUT2D eigenvalue weighted by Crippen LogP contribution is -2.31. The molecule has 0 amide bonds. The van der Waals surface area contributed by atoms with E-state index in [0.717, 1.165) is 37.6 Å². The standard InChI is InChI=1S/C27H35N3O/c1-21(2)20-31-25-14-12-23(13-15-25)19-30-27(26-11-7-8-16-29(26)3)18-24(28-30)17-22-9-5-4-6-10-22/h4-6,9-10,12-15,18,21,26H,7-8,11,16-17,19-20H2,1-3H3. The molecule has 2 heterocycles. The van der Waals surface area contributed by atoms with Crippen LogP contribution in [0.2, 0.25) is 0 Å². The Kier molecular flexibility index (Phi) is 7.08. The van der Waals surface area contributed by atoms with E-state index in [1.54, 1.807) is 0 Å². The van der Waals surface area contributed by atoms with Gasteiger partial charge in [-0.05, 0) is 61.7 Å². The molecule has 1 atom stereocenters. The summed E-state index contributed by atoms with van der Waals surface area (Å²) in [5.41, 5.74) is 5.05. The summed E-state index contributed by atoms with van der Waals surface area (Å²) in [5.74, 6) is 1.47. The summed E-state index contributed by atoms with van der Waals surface area (Å²) in [4.78, 5) is 2.49. The van der Waals surface area contributed by atoms with Crippen LogP contribution in [-0.4, -0.2) is 34.9 Å². The van der Waals surface area contributed by atoms with Gasteiger partial charge in [-0.25, -0.2) is 0 Å². The van der Waals surface area contributed by atoms with Crippen molar-refractivity contribution in [2.45, 2.75) is 52.1 Å². The van der Waals surface area contributed by atoms with Gasteiger partial charge in [0.15, 0.2) is 0 Å². The zero-order chi connectivity index (χ0) is 21.6. The third kappa shape index (κ3) is 5.76. The minimum Gasteiger partial charge on any atom is -0.493 e. The first-order valence-electron chi connectivity index (χ1n) is 11.6. The van der Waals surface area contributed by atoms with Crippen LogP contribution in [0.4, 0.5) is 0 Å². The van der Waals surface area contributed by atoms with Gasteiger partial charge in [0.2, 0.25) is 0 Å². The lowest BCUT2D eigenvalue weighted by molar-refractivity contribution is 0.178. The minimum absolute atomic E-state index is 0.444. The number of nitrogens with zero attached hydrogens (tertiary/aromatic N) is 3. The Balaban J connectivity index is 1.55. The molecule has 0 bridgehead atoms. The van der Waals surface area contributed by atoms with Gasteiger partial charge in [0.1, 0.15) is 5.75 Å².